The van der Waals surface area contributed by atoms with E-state index in [9.17, 15) is 19.8 Å². The standard InChI is InChI=1S/C23H27NO7/c1-12(29-17(26)7-10-24)21(27)30-16-6-9-23(28)14-3-2-8-22(23)18-13(11-14)4-5-15(25)19(18)31-20(16)22/h4-6,12,14,20,25,28H,2-3,7-11,24H2,1H3/t12-,14+,20-,22?,23+/m0/s1. The van der Waals surface area contributed by atoms with Crippen LogP contribution in [-0.4, -0.2) is 46.5 Å². The Bertz CT molecular complexity index is 988. The molecular weight excluding hydrogens is 402 g/mol. The third-order valence-electron chi connectivity index (χ3n) is 7.47. The van der Waals surface area contributed by atoms with Gasteiger partial charge in [-0.25, -0.2) is 4.79 Å². The lowest BCUT2D eigenvalue weighted by Crippen LogP contribution is -2.67. The maximum absolute atomic E-state index is 12.7. The second-order valence-corrected chi connectivity index (χ2v) is 9.04. The molecular formula is C23H27NO7. The highest BCUT2D eigenvalue weighted by molar-refractivity contribution is 5.80. The molecule has 0 saturated heterocycles. The van der Waals surface area contributed by atoms with Crippen molar-refractivity contribution in [2.45, 2.75) is 68.7 Å². The monoisotopic (exact) mass is 429 g/mol. The van der Waals surface area contributed by atoms with E-state index in [2.05, 4.69) is 0 Å². The van der Waals surface area contributed by atoms with E-state index >= 15 is 0 Å². The molecule has 0 aromatic heterocycles. The second-order valence-electron chi connectivity index (χ2n) is 9.04. The fourth-order valence-corrected chi connectivity index (χ4v) is 6.15. The van der Waals surface area contributed by atoms with Crippen molar-refractivity contribution in [1.82, 2.24) is 0 Å². The fraction of sp³-hybridized carbons (Fsp3) is 0.565. The Balaban J connectivity index is 1.50. The largest absolute Gasteiger partial charge is 0.504 e. The lowest BCUT2D eigenvalue weighted by atomic mass is 9.47. The van der Waals surface area contributed by atoms with E-state index in [0.29, 0.717) is 24.4 Å². The first kappa shape index (κ1) is 20.3. The molecule has 8 heteroatoms. The Kier molecular flexibility index (Phi) is 4.57. The molecule has 4 aliphatic rings. The third-order valence-corrected chi connectivity index (χ3v) is 7.47. The number of aliphatic hydroxyl groups is 1. The van der Waals surface area contributed by atoms with Gasteiger partial charge in [-0.05, 0) is 56.2 Å². The molecule has 8 nitrogen and oxygen atoms in total. The molecule has 1 aliphatic heterocycles. The SMILES string of the molecule is C[C@H](OC(=O)CCN)C(=O)OC1=CC[C@@]2(O)[C@@H]3CCCC24c2c(ccc(O)c2O[C@@H]14)C3. The molecule has 5 atom stereocenters. The summed E-state index contributed by atoms with van der Waals surface area (Å²) in [5.74, 6) is -0.540. The minimum absolute atomic E-state index is 0.0148. The molecule has 166 valence electrons. The van der Waals surface area contributed by atoms with Crippen molar-refractivity contribution < 1.29 is 34.0 Å². The first-order chi connectivity index (χ1) is 14.8. The Morgan fingerprint density at radius 2 is 2.19 bits per heavy atom. The van der Waals surface area contributed by atoms with Crippen molar-refractivity contribution in [1.29, 1.82) is 0 Å². The third kappa shape index (κ3) is 2.67. The average Bonchev–Trinajstić information content (AvgIpc) is 3.07. The first-order valence-corrected chi connectivity index (χ1v) is 10.9. The molecule has 4 N–H and O–H groups in total. The number of rotatable bonds is 5. The minimum Gasteiger partial charge on any atom is -0.504 e. The average molecular weight is 429 g/mol. The van der Waals surface area contributed by atoms with Gasteiger partial charge in [0.15, 0.2) is 23.7 Å². The minimum atomic E-state index is -1.10. The Hall–Kier alpha value is -2.58. The summed E-state index contributed by atoms with van der Waals surface area (Å²) in [4.78, 5) is 24.3. The second kappa shape index (κ2) is 6.97. The number of nitrogens with two attached hydrogens (primary N) is 1. The summed E-state index contributed by atoms with van der Waals surface area (Å²) in [5.41, 5.74) is 5.46. The highest BCUT2D eigenvalue weighted by atomic mass is 16.6. The van der Waals surface area contributed by atoms with Crippen LogP contribution in [0.4, 0.5) is 0 Å². The Morgan fingerprint density at radius 1 is 1.39 bits per heavy atom. The lowest BCUT2D eigenvalue weighted by Gasteiger charge is -2.59. The number of phenolic OH excluding ortho intramolecular Hbond substituents is 1. The van der Waals surface area contributed by atoms with Crippen molar-refractivity contribution in [2.75, 3.05) is 6.54 Å². The molecule has 1 heterocycles. The van der Waals surface area contributed by atoms with E-state index in [0.717, 1.165) is 30.4 Å². The Labute approximate surface area is 180 Å². The van der Waals surface area contributed by atoms with Gasteiger partial charge in [0.05, 0.1) is 17.4 Å². The number of carbonyl (C=O) groups excluding carboxylic acids is 2. The molecule has 1 aromatic rings. The zero-order valence-corrected chi connectivity index (χ0v) is 17.4. The van der Waals surface area contributed by atoms with Crippen LogP contribution in [-0.2, 0) is 30.9 Å². The number of ether oxygens (including phenoxy) is 3. The summed E-state index contributed by atoms with van der Waals surface area (Å²) >= 11 is 0. The van der Waals surface area contributed by atoms with Crippen LogP contribution < -0.4 is 10.5 Å². The van der Waals surface area contributed by atoms with Gasteiger partial charge in [-0.3, -0.25) is 4.79 Å². The number of hydrogen-bond donors (Lipinski definition) is 3. The molecule has 1 saturated carbocycles. The number of benzene rings is 1. The summed E-state index contributed by atoms with van der Waals surface area (Å²) in [7, 11) is 0. The molecule has 0 radical (unpaired) electrons. The molecule has 1 fully saturated rings. The van der Waals surface area contributed by atoms with Gasteiger partial charge in [-0.1, -0.05) is 12.5 Å². The van der Waals surface area contributed by atoms with Crippen LogP contribution >= 0.6 is 0 Å². The number of hydrogen-bond acceptors (Lipinski definition) is 8. The number of carbonyl (C=O) groups is 2. The number of phenols is 1. The topological polar surface area (TPSA) is 128 Å². The van der Waals surface area contributed by atoms with Gasteiger partial charge >= 0.3 is 11.9 Å². The van der Waals surface area contributed by atoms with Crippen molar-refractivity contribution in [2.24, 2.45) is 11.7 Å². The van der Waals surface area contributed by atoms with E-state index in [1.165, 1.54) is 6.92 Å². The molecule has 1 spiro atoms. The summed E-state index contributed by atoms with van der Waals surface area (Å²) in [6.45, 7) is 1.58. The van der Waals surface area contributed by atoms with Crippen LogP contribution in [0.25, 0.3) is 0 Å². The van der Waals surface area contributed by atoms with E-state index in [1.807, 2.05) is 6.07 Å². The molecule has 3 aliphatic carbocycles. The lowest BCUT2D eigenvalue weighted by molar-refractivity contribution is -0.171. The summed E-state index contributed by atoms with van der Waals surface area (Å²) in [6.07, 6.45) is 3.45. The van der Waals surface area contributed by atoms with Gasteiger partial charge in [-0.15, -0.1) is 0 Å². The van der Waals surface area contributed by atoms with Crippen molar-refractivity contribution in [3.05, 3.63) is 35.1 Å². The van der Waals surface area contributed by atoms with Crippen LogP contribution in [0, 0.1) is 5.92 Å². The smallest absolute Gasteiger partial charge is 0.352 e. The van der Waals surface area contributed by atoms with Crippen LogP contribution in [0.15, 0.2) is 24.0 Å². The van der Waals surface area contributed by atoms with E-state index in [4.69, 9.17) is 19.9 Å². The van der Waals surface area contributed by atoms with Gasteiger partial charge in [0, 0.05) is 12.1 Å². The van der Waals surface area contributed by atoms with Crippen molar-refractivity contribution >= 4 is 11.9 Å². The van der Waals surface area contributed by atoms with Gasteiger partial charge < -0.3 is 30.2 Å². The van der Waals surface area contributed by atoms with Crippen LogP contribution in [0.3, 0.4) is 0 Å². The van der Waals surface area contributed by atoms with Gasteiger partial charge in [0.25, 0.3) is 0 Å². The fourth-order valence-electron chi connectivity index (χ4n) is 6.15. The zero-order valence-electron chi connectivity index (χ0n) is 17.4. The molecule has 31 heavy (non-hydrogen) atoms. The van der Waals surface area contributed by atoms with Crippen LogP contribution in [0.1, 0.15) is 50.2 Å². The van der Waals surface area contributed by atoms with E-state index in [1.54, 1.807) is 12.1 Å². The van der Waals surface area contributed by atoms with Gasteiger partial charge in [0.1, 0.15) is 5.76 Å². The molecule has 1 unspecified atom stereocenters. The highest BCUT2D eigenvalue weighted by Crippen LogP contribution is 2.67. The predicted molar refractivity (Wildman–Crippen MR) is 108 cm³/mol. The van der Waals surface area contributed by atoms with Gasteiger partial charge in [0.2, 0.25) is 0 Å². The normalized spacial score (nSPS) is 32.9. The summed E-state index contributed by atoms with van der Waals surface area (Å²) in [6, 6.07) is 3.53. The Morgan fingerprint density at radius 3 is 2.97 bits per heavy atom. The zero-order chi connectivity index (χ0) is 22.0. The van der Waals surface area contributed by atoms with E-state index in [-0.39, 0.29) is 24.6 Å². The van der Waals surface area contributed by atoms with Crippen LogP contribution in [0.5, 0.6) is 11.5 Å². The van der Waals surface area contributed by atoms with Crippen molar-refractivity contribution in [3.8, 4) is 11.5 Å². The quantitative estimate of drug-likeness (QED) is 0.602. The molecule has 2 bridgehead atoms. The number of esters is 2. The molecule has 0 amide bonds. The number of aromatic hydroxyl groups is 1. The maximum Gasteiger partial charge on any atom is 0.352 e. The summed E-state index contributed by atoms with van der Waals surface area (Å²) < 4.78 is 17.0. The first-order valence-electron chi connectivity index (χ1n) is 10.9. The van der Waals surface area contributed by atoms with Crippen molar-refractivity contribution in [3.63, 3.8) is 0 Å². The van der Waals surface area contributed by atoms with E-state index < -0.39 is 35.2 Å². The highest BCUT2D eigenvalue weighted by Gasteiger charge is 2.70. The maximum atomic E-state index is 12.7. The molecule has 5 rings (SSSR count). The summed E-state index contributed by atoms with van der Waals surface area (Å²) in [5, 5.41) is 22.4. The predicted octanol–water partition coefficient (Wildman–Crippen LogP) is 1.59. The molecule has 1 aromatic carbocycles. The van der Waals surface area contributed by atoms with Crippen LogP contribution in [0.2, 0.25) is 0 Å². The van der Waals surface area contributed by atoms with Gasteiger partial charge in [-0.2, -0.15) is 0 Å².